The van der Waals surface area contributed by atoms with E-state index in [1.807, 2.05) is 0 Å². The number of rotatable bonds is 18. The van der Waals surface area contributed by atoms with Crippen LogP contribution in [0.1, 0.15) is 64.2 Å². The first-order chi connectivity index (χ1) is 19.8. The third-order valence-corrected chi connectivity index (χ3v) is 7.09. The summed E-state index contributed by atoms with van der Waals surface area (Å²) in [4.78, 5) is 39.7. The van der Waals surface area contributed by atoms with E-state index in [2.05, 4.69) is 35.9 Å². The van der Waals surface area contributed by atoms with Crippen molar-refractivity contribution in [1.82, 2.24) is 30.6 Å². The monoisotopic (exact) mass is 581 g/mol. The molecule has 3 rings (SSSR count). The summed E-state index contributed by atoms with van der Waals surface area (Å²) in [7, 11) is 0. The number of unbranched alkanes of at least 4 members (excludes halogenated alkanes) is 8. The van der Waals surface area contributed by atoms with Crippen LogP contribution in [0.25, 0.3) is 11.2 Å². The summed E-state index contributed by atoms with van der Waals surface area (Å²) in [6.07, 6.45) is 4.79. The lowest BCUT2D eigenvalue weighted by Crippen LogP contribution is -2.68. The first-order valence-electron chi connectivity index (χ1n) is 14.2. The predicted molar refractivity (Wildman–Crippen MR) is 147 cm³/mol. The highest BCUT2D eigenvalue weighted by molar-refractivity contribution is 5.85. The van der Waals surface area contributed by atoms with Crippen molar-refractivity contribution in [2.24, 2.45) is 0 Å². The summed E-state index contributed by atoms with van der Waals surface area (Å²) < 4.78 is 5.77. The summed E-state index contributed by atoms with van der Waals surface area (Å²) in [5.74, 6) is -0.716. The fourth-order valence-corrected chi connectivity index (χ4v) is 4.79. The Balaban J connectivity index is 1.43. The molecule has 2 aromatic heterocycles. The number of H-pyrrole nitrogens is 1. The molecule has 0 radical (unpaired) electrons. The number of amides is 2. The standard InChI is InChI=1S/C26H43N7O8/c34-11-9-7-5-3-1-2-4-6-8-10-17(37)27-12-18(38)32-19-21(39)22(40)26(41-23(19)16(36)13-35)33-25-20-24(29-14-28-20)30-15-31-25/h14-16,19,21-23,26,34-36,39-40H,1-13H2,(H,27,37)(H,32,38)(H2,28,29,30,31,33)/t16-,19+,21+,22+,23-,26-/m0/s1. The van der Waals surface area contributed by atoms with E-state index in [9.17, 15) is 30.0 Å². The van der Waals surface area contributed by atoms with Gasteiger partial charge in [0.1, 0.15) is 36.3 Å². The zero-order valence-electron chi connectivity index (χ0n) is 23.1. The molecular formula is C26H43N7O8. The number of carbonyl (C=O) groups excluding carboxylic acids is 2. The molecule has 9 N–H and O–H groups in total. The van der Waals surface area contributed by atoms with Gasteiger partial charge < -0.3 is 51.2 Å². The molecule has 0 aliphatic carbocycles. The third-order valence-electron chi connectivity index (χ3n) is 7.09. The third kappa shape index (κ3) is 9.83. The number of nitrogens with zero attached hydrogens (tertiary/aromatic N) is 3. The topological polar surface area (TPSA) is 235 Å². The number of aromatic amines is 1. The van der Waals surface area contributed by atoms with Gasteiger partial charge in [-0.3, -0.25) is 9.59 Å². The second-order valence-corrected chi connectivity index (χ2v) is 10.2. The first kappa shape index (κ1) is 32.6. The summed E-state index contributed by atoms with van der Waals surface area (Å²) in [6, 6.07) is -1.28. The number of fused-ring (bicyclic) bond motifs is 1. The number of hydrogen-bond donors (Lipinski definition) is 9. The van der Waals surface area contributed by atoms with Gasteiger partial charge in [0.25, 0.3) is 0 Å². The lowest BCUT2D eigenvalue weighted by Gasteiger charge is -2.44. The second-order valence-electron chi connectivity index (χ2n) is 10.2. The molecule has 15 heteroatoms. The van der Waals surface area contributed by atoms with Crippen molar-refractivity contribution in [3.05, 3.63) is 12.7 Å². The van der Waals surface area contributed by atoms with Crippen LogP contribution in [0.4, 0.5) is 5.82 Å². The van der Waals surface area contributed by atoms with Crippen molar-refractivity contribution in [2.75, 3.05) is 25.1 Å². The van der Waals surface area contributed by atoms with Crippen molar-refractivity contribution in [1.29, 1.82) is 0 Å². The van der Waals surface area contributed by atoms with Gasteiger partial charge in [0.05, 0.1) is 25.5 Å². The Kier molecular flexibility index (Phi) is 13.6. The van der Waals surface area contributed by atoms with Crippen LogP contribution in [0.5, 0.6) is 0 Å². The van der Waals surface area contributed by atoms with Crippen molar-refractivity contribution >= 4 is 28.8 Å². The molecule has 230 valence electrons. The van der Waals surface area contributed by atoms with E-state index in [4.69, 9.17) is 9.84 Å². The van der Waals surface area contributed by atoms with Gasteiger partial charge in [-0.25, -0.2) is 15.0 Å². The number of ether oxygens (including phenoxy) is 1. The minimum atomic E-state index is -1.60. The Labute approximate surface area is 238 Å². The highest BCUT2D eigenvalue weighted by atomic mass is 16.5. The average molecular weight is 582 g/mol. The van der Waals surface area contributed by atoms with Gasteiger partial charge in [-0.2, -0.15) is 0 Å². The number of anilines is 1. The molecule has 1 aliphatic rings. The number of nitrogens with one attached hydrogen (secondary N) is 4. The maximum Gasteiger partial charge on any atom is 0.239 e. The maximum atomic E-state index is 12.6. The molecule has 41 heavy (non-hydrogen) atoms. The summed E-state index contributed by atoms with van der Waals surface area (Å²) in [6.45, 7) is -0.850. The fraction of sp³-hybridized carbons (Fsp3) is 0.731. The zero-order chi connectivity index (χ0) is 29.6. The smallest absolute Gasteiger partial charge is 0.239 e. The normalized spacial score (nSPS) is 23.3. The highest BCUT2D eigenvalue weighted by Gasteiger charge is 2.48. The lowest BCUT2D eigenvalue weighted by molar-refractivity contribution is -0.204. The quantitative estimate of drug-likeness (QED) is 0.0970. The maximum absolute atomic E-state index is 12.6. The van der Waals surface area contributed by atoms with Crippen molar-refractivity contribution in [3.8, 4) is 0 Å². The van der Waals surface area contributed by atoms with Gasteiger partial charge in [0.15, 0.2) is 17.7 Å². The number of aliphatic hydroxyl groups is 5. The van der Waals surface area contributed by atoms with Gasteiger partial charge in [-0.05, 0) is 12.8 Å². The zero-order valence-corrected chi connectivity index (χ0v) is 23.1. The van der Waals surface area contributed by atoms with Gasteiger partial charge >= 0.3 is 0 Å². The molecule has 2 amide bonds. The average Bonchev–Trinajstić information content (AvgIpc) is 3.46. The number of hydrogen-bond acceptors (Lipinski definition) is 12. The SMILES string of the molecule is O=C(CCCCCCCCCCCO)NCC(=O)N[C@@H]1[C@@H](O)[C@@H](O)[C@@H](Nc2ncnc3nc[nH]c23)O[C@H]1[C@@H](O)CO. The van der Waals surface area contributed by atoms with E-state index in [1.54, 1.807) is 0 Å². The van der Waals surface area contributed by atoms with Crippen LogP contribution in [-0.4, -0.2) is 114 Å². The molecule has 0 aromatic carbocycles. The van der Waals surface area contributed by atoms with Crippen LogP contribution >= 0.6 is 0 Å². The minimum Gasteiger partial charge on any atom is -0.396 e. The molecule has 0 saturated carbocycles. The van der Waals surface area contributed by atoms with Gasteiger partial charge in [-0.1, -0.05) is 44.9 Å². The Morgan fingerprint density at radius 3 is 2.29 bits per heavy atom. The Morgan fingerprint density at radius 2 is 1.61 bits per heavy atom. The van der Waals surface area contributed by atoms with Gasteiger partial charge in [-0.15, -0.1) is 0 Å². The number of aromatic nitrogens is 4. The predicted octanol–water partition coefficient (Wildman–Crippen LogP) is -0.941. The van der Waals surface area contributed by atoms with E-state index >= 15 is 0 Å². The van der Waals surface area contributed by atoms with Crippen molar-refractivity contribution < 1.29 is 39.9 Å². The largest absolute Gasteiger partial charge is 0.396 e. The van der Waals surface area contributed by atoms with E-state index in [0.717, 1.165) is 51.4 Å². The van der Waals surface area contributed by atoms with Crippen LogP contribution in [0.3, 0.4) is 0 Å². The molecular weight excluding hydrogens is 538 g/mol. The van der Waals surface area contributed by atoms with Gasteiger partial charge in [0, 0.05) is 13.0 Å². The number of aliphatic hydroxyl groups excluding tert-OH is 5. The van der Waals surface area contributed by atoms with Crippen LogP contribution < -0.4 is 16.0 Å². The molecule has 1 aliphatic heterocycles. The molecule has 0 spiro atoms. The summed E-state index contributed by atoms with van der Waals surface area (Å²) in [5, 5.41) is 58.1. The van der Waals surface area contributed by atoms with Crippen LogP contribution in [0, 0.1) is 0 Å². The Morgan fingerprint density at radius 1 is 0.927 bits per heavy atom. The number of imidazole rings is 1. The molecule has 1 saturated heterocycles. The van der Waals surface area contributed by atoms with Crippen LogP contribution in [0.15, 0.2) is 12.7 Å². The van der Waals surface area contributed by atoms with E-state index in [0.29, 0.717) is 17.6 Å². The highest BCUT2D eigenvalue weighted by Crippen LogP contribution is 2.26. The fourth-order valence-electron chi connectivity index (χ4n) is 4.79. The molecule has 1 fully saturated rings. The van der Waals surface area contributed by atoms with Gasteiger partial charge in [0.2, 0.25) is 11.8 Å². The molecule has 15 nitrogen and oxygen atoms in total. The minimum absolute atomic E-state index is 0.223. The van der Waals surface area contributed by atoms with Crippen molar-refractivity contribution in [2.45, 2.75) is 101 Å². The van der Waals surface area contributed by atoms with Crippen LogP contribution in [-0.2, 0) is 14.3 Å². The molecule has 0 unspecified atom stereocenters. The molecule has 0 bridgehead atoms. The first-order valence-corrected chi connectivity index (χ1v) is 14.2. The summed E-state index contributed by atoms with van der Waals surface area (Å²) in [5.41, 5.74) is 0.780. The number of carbonyl (C=O) groups is 2. The second kappa shape index (κ2) is 17.1. The lowest BCUT2D eigenvalue weighted by atomic mass is 9.92. The van der Waals surface area contributed by atoms with Crippen LogP contribution in [0.2, 0.25) is 0 Å². The Hall–Kier alpha value is -2.95. The van der Waals surface area contributed by atoms with E-state index < -0.39 is 49.2 Å². The van der Waals surface area contributed by atoms with Crippen molar-refractivity contribution in [3.63, 3.8) is 0 Å². The van der Waals surface area contributed by atoms with E-state index in [-0.39, 0.29) is 31.3 Å². The molecule has 2 aromatic rings. The van der Waals surface area contributed by atoms with E-state index in [1.165, 1.54) is 12.7 Å². The Bertz CT molecular complexity index is 1070. The molecule has 6 atom stereocenters. The molecule has 3 heterocycles. The summed E-state index contributed by atoms with van der Waals surface area (Å²) >= 11 is 0.